The number of fused-ring (bicyclic) bond motifs is 1. The lowest BCUT2D eigenvalue weighted by Crippen LogP contribution is -2.40. The second kappa shape index (κ2) is 10.3. The molecule has 0 aromatic carbocycles. The zero-order valence-corrected chi connectivity index (χ0v) is 23.1. The molecule has 1 aliphatic heterocycles. The number of aromatic nitrogens is 3. The Balaban J connectivity index is 1.57. The average molecular weight is 491 g/mol. The standard InChI is InChI=1S/C30H42N4O2/c1-19-17-20(2)32-29(36)24(19)10-11-26(35)27-22(4)28(34-25(27)9-8-14-31-34)21(3)23-12-15-33(16-13-23)18-30(5,6)7/h8-9,14,17,21,23H,10-13,15-16,18H2,1-7H3,(H,32,36). The molecule has 1 saturated heterocycles. The van der Waals surface area contributed by atoms with Gasteiger partial charge < -0.3 is 9.88 Å². The molecule has 1 atom stereocenters. The van der Waals surface area contributed by atoms with Crippen LogP contribution in [-0.2, 0) is 6.42 Å². The number of aryl methyl sites for hydroxylation is 2. The fourth-order valence-corrected chi connectivity index (χ4v) is 6.18. The minimum absolute atomic E-state index is 0.0795. The molecule has 0 bridgehead atoms. The number of nitrogens with one attached hydrogen (secondary N) is 1. The van der Waals surface area contributed by atoms with Gasteiger partial charge in [0.1, 0.15) is 0 Å². The Hall–Kier alpha value is -2.73. The molecule has 36 heavy (non-hydrogen) atoms. The van der Waals surface area contributed by atoms with Gasteiger partial charge in [-0.25, -0.2) is 4.52 Å². The molecule has 3 aromatic heterocycles. The molecule has 3 aromatic rings. The van der Waals surface area contributed by atoms with Crippen LogP contribution in [0, 0.1) is 32.1 Å². The second-order valence-electron chi connectivity index (χ2n) is 12.0. The summed E-state index contributed by atoms with van der Waals surface area (Å²) >= 11 is 0. The van der Waals surface area contributed by atoms with Crippen LogP contribution in [0.5, 0.6) is 0 Å². The molecule has 6 nitrogen and oxygen atoms in total. The SMILES string of the molecule is Cc1cc(C)c(CCC(=O)c2c(C)c(C(C)C3CCN(CC(C)(C)C)CC3)n3ncccc23)c(=O)[nH]1. The van der Waals surface area contributed by atoms with Crippen LogP contribution in [-0.4, -0.2) is 44.9 Å². The molecule has 1 aliphatic rings. The molecule has 1 unspecified atom stereocenters. The molecule has 0 saturated carbocycles. The highest BCUT2D eigenvalue weighted by atomic mass is 16.1. The van der Waals surface area contributed by atoms with Gasteiger partial charge in [-0.05, 0) is 93.8 Å². The van der Waals surface area contributed by atoms with E-state index in [1.807, 2.05) is 36.6 Å². The first kappa shape index (κ1) is 26.3. The molecule has 0 amide bonds. The largest absolute Gasteiger partial charge is 0.326 e. The lowest BCUT2D eigenvalue weighted by atomic mass is 9.81. The van der Waals surface area contributed by atoms with Crippen LogP contribution in [0.15, 0.2) is 29.2 Å². The minimum Gasteiger partial charge on any atom is -0.326 e. The van der Waals surface area contributed by atoms with Crippen molar-refractivity contribution < 1.29 is 4.79 Å². The number of aromatic amines is 1. The maximum atomic E-state index is 13.6. The van der Waals surface area contributed by atoms with Crippen molar-refractivity contribution in [2.75, 3.05) is 19.6 Å². The van der Waals surface area contributed by atoms with E-state index >= 15 is 0 Å². The van der Waals surface area contributed by atoms with Crippen molar-refractivity contribution in [3.05, 3.63) is 68.4 Å². The molecule has 4 rings (SSSR count). The lowest BCUT2D eigenvalue weighted by molar-refractivity contribution is 0.0983. The molecule has 1 fully saturated rings. The summed E-state index contributed by atoms with van der Waals surface area (Å²) in [7, 11) is 0. The fourth-order valence-electron chi connectivity index (χ4n) is 6.18. The Kier molecular flexibility index (Phi) is 7.56. The van der Waals surface area contributed by atoms with E-state index in [0.29, 0.717) is 35.7 Å². The molecule has 0 radical (unpaired) electrons. The molecular formula is C30H42N4O2. The highest BCUT2D eigenvalue weighted by Gasteiger charge is 2.31. The van der Waals surface area contributed by atoms with Crippen molar-refractivity contribution in [2.45, 2.75) is 80.1 Å². The monoisotopic (exact) mass is 490 g/mol. The summed E-state index contributed by atoms with van der Waals surface area (Å²) in [5.41, 5.74) is 6.54. The molecule has 1 N–H and O–H groups in total. The van der Waals surface area contributed by atoms with Crippen molar-refractivity contribution in [1.82, 2.24) is 19.5 Å². The normalized spacial score (nSPS) is 16.5. The number of piperidine rings is 1. The van der Waals surface area contributed by atoms with Gasteiger partial charge in [0.15, 0.2) is 5.78 Å². The van der Waals surface area contributed by atoms with Crippen LogP contribution in [0.2, 0.25) is 0 Å². The number of rotatable bonds is 7. The van der Waals surface area contributed by atoms with Gasteiger partial charge in [0.05, 0.1) is 5.52 Å². The smallest absolute Gasteiger partial charge is 0.251 e. The second-order valence-corrected chi connectivity index (χ2v) is 12.0. The van der Waals surface area contributed by atoms with E-state index in [9.17, 15) is 9.59 Å². The molecule has 4 heterocycles. The topological polar surface area (TPSA) is 70.5 Å². The van der Waals surface area contributed by atoms with Gasteiger partial charge in [0.2, 0.25) is 0 Å². The van der Waals surface area contributed by atoms with Gasteiger partial charge >= 0.3 is 0 Å². The zero-order chi connectivity index (χ0) is 26.2. The van der Waals surface area contributed by atoms with Crippen molar-refractivity contribution in [3.8, 4) is 0 Å². The first-order chi connectivity index (χ1) is 17.0. The van der Waals surface area contributed by atoms with E-state index in [1.54, 1.807) is 6.20 Å². The lowest BCUT2D eigenvalue weighted by Gasteiger charge is -2.38. The Morgan fingerprint density at radius 3 is 2.53 bits per heavy atom. The van der Waals surface area contributed by atoms with Gasteiger partial charge in [-0.15, -0.1) is 0 Å². The Bertz CT molecular complexity index is 1300. The summed E-state index contributed by atoms with van der Waals surface area (Å²) in [6, 6.07) is 5.87. The third-order valence-corrected chi connectivity index (χ3v) is 7.84. The van der Waals surface area contributed by atoms with E-state index in [-0.39, 0.29) is 11.3 Å². The number of Topliss-reactive ketones (excluding diaryl/α,β-unsaturated/α-hetero) is 1. The van der Waals surface area contributed by atoms with Gasteiger partial charge in [0.25, 0.3) is 5.56 Å². The minimum atomic E-state index is -0.0902. The maximum Gasteiger partial charge on any atom is 0.251 e. The number of nitrogens with zero attached hydrogens (tertiary/aromatic N) is 3. The van der Waals surface area contributed by atoms with E-state index in [0.717, 1.165) is 66.1 Å². The fraction of sp³-hybridized carbons (Fsp3) is 0.567. The first-order valence-corrected chi connectivity index (χ1v) is 13.4. The number of hydrogen-bond acceptors (Lipinski definition) is 4. The number of pyridine rings is 1. The Morgan fingerprint density at radius 1 is 1.19 bits per heavy atom. The Labute approximate surface area is 215 Å². The van der Waals surface area contributed by atoms with Crippen LogP contribution in [0.25, 0.3) is 5.52 Å². The molecule has 0 aliphatic carbocycles. The van der Waals surface area contributed by atoms with E-state index < -0.39 is 0 Å². The van der Waals surface area contributed by atoms with Crippen LogP contribution in [0.4, 0.5) is 0 Å². The average Bonchev–Trinajstić information content (AvgIpc) is 3.09. The first-order valence-electron chi connectivity index (χ1n) is 13.4. The van der Waals surface area contributed by atoms with E-state index in [4.69, 9.17) is 0 Å². The van der Waals surface area contributed by atoms with E-state index in [1.165, 1.54) is 0 Å². The van der Waals surface area contributed by atoms with Crippen molar-refractivity contribution in [2.24, 2.45) is 11.3 Å². The van der Waals surface area contributed by atoms with Crippen molar-refractivity contribution in [1.29, 1.82) is 0 Å². The van der Waals surface area contributed by atoms with Crippen LogP contribution in [0.1, 0.15) is 91.3 Å². The quantitative estimate of drug-likeness (QED) is 0.436. The summed E-state index contributed by atoms with van der Waals surface area (Å²) in [5, 5.41) is 4.68. The zero-order valence-electron chi connectivity index (χ0n) is 23.1. The summed E-state index contributed by atoms with van der Waals surface area (Å²) in [6.45, 7) is 18.5. The van der Waals surface area contributed by atoms with Crippen LogP contribution < -0.4 is 5.56 Å². The van der Waals surface area contributed by atoms with Gasteiger partial charge in [-0.1, -0.05) is 27.7 Å². The Morgan fingerprint density at radius 2 is 1.89 bits per heavy atom. The van der Waals surface area contributed by atoms with Gasteiger partial charge in [-0.2, -0.15) is 5.10 Å². The van der Waals surface area contributed by atoms with Gasteiger partial charge in [0, 0.05) is 47.6 Å². The highest BCUT2D eigenvalue weighted by Crippen LogP contribution is 2.37. The molecule has 194 valence electrons. The number of likely N-dealkylation sites (tertiary alicyclic amines) is 1. The maximum absolute atomic E-state index is 13.6. The number of carbonyl (C=O) groups excluding carboxylic acids is 1. The number of H-pyrrole nitrogens is 1. The predicted octanol–water partition coefficient (Wildman–Crippen LogP) is 5.62. The summed E-state index contributed by atoms with van der Waals surface area (Å²) in [4.78, 5) is 31.5. The number of ketones is 1. The van der Waals surface area contributed by atoms with Gasteiger partial charge in [-0.3, -0.25) is 9.59 Å². The molecule has 0 spiro atoms. The van der Waals surface area contributed by atoms with Crippen LogP contribution in [0.3, 0.4) is 0 Å². The number of hydrogen-bond donors (Lipinski definition) is 1. The van der Waals surface area contributed by atoms with E-state index in [2.05, 4.69) is 49.6 Å². The third-order valence-electron chi connectivity index (χ3n) is 7.84. The molecular weight excluding hydrogens is 448 g/mol. The van der Waals surface area contributed by atoms with Crippen molar-refractivity contribution >= 4 is 11.3 Å². The predicted molar refractivity (Wildman–Crippen MR) is 146 cm³/mol. The molecule has 6 heteroatoms. The third kappa shape index (κ3) is 5.49. The summed E-state index contributed by atoms with van der Waals surface area (Å²) in [6.07, 6.45) is 4.87. The summed E-state index contributed by atoms with van der Waals surface area (Å²) in [5.74, 6) is 0.959. The van der Waals surface area contributed by atoms with Crippen molar-refractivity contribution in [3.63, 3.8) is 0 Å². The highest BCUT2D eigenvalue weighted by molar-refractivity contribution is 6.04. The van der Waals surface area contributed by atoms with Crippen LogP contribution >= 0.6 is 0 Å². The summed E-state index contributed by atoms with van der Waals surface area (Å²) < 4.78 is 2.00. The number of carbonyl (C=O) groups is 1.